The van der Waals surface area contributed by atoms with Gasteiger partial charge in [0.2, 0.25) is 0 Å². The van der Waals surface area contributed by atoms with Crippen molar-refractivity contribution in [2.45, 2.75) is 64.6 Å². The van der Waals surface area contributed by atoms with Gasteiger partial charge < -0.3 is 5.32 Å². The fraction of sp³-hybridized carbons (Fsp3) is 0.571. The predicted octanol–water partition coefficient (Wildman–Crippen LogP) is 2.91. The molecule has 7 heteroatoms. The highest BCUT2D eigenvalue weighted by Gasteiger charge is 2.32. The Bertz CT molecular complexity index is 984. The largest absolute Gasteiger partial charge is 0.336 e. The van der Waals surface area contributed by atoms with Crippen molar-refractivity contribution in [3.63, 3.8) is 0 Å². The fourth-order valence-electron chi connectivity index (χ4n) is 4.46. The monoisotopic (exact) mass is 422 g/mol. The molecular formula is C21H29ClN3O2S+. The Hall–Kier alpha value is -1.37. The normalized spacial score (nSPS) is 22.2. The van der Waals surface area contributed by atoms with Crippen LogP contribution in [-0.2, 0) is 29.2 Å². The first kappa shape index (κ1) is 19.9. The van der Waals surface area contributed by atoms with Crippen molar-refractivity contribution in [1.82, 2.24) is 9.78 Å². The molecule has 0 spiro atoms. The van der Waals surface area contributed by atoms with Gasteiger partial charge in [0.1, 0.15) is 17.7 Å². The van der Waals surface area contributed by atoms with Crippen molar-refractivity contribution < 1.29 is 13.7 Å². The van der Waals surface area contributed by atoms with Gasteiger partial charge >= 0.3 is 0 Å². The van der Waals surface area contributed by atoms with Crippen LogP contribution in [0.3, 0.4) is 0 Å². The van der Waals surface area contributed by atoms with E-state index in [1.807, 2.05) is 6.92 Å². The van der Waals surface area contributed by atoms with Crippen LogP contribution >= 0.6 is 11.6 Å². The molecule has 0 bridgehead atoms. The van der Waals surface area contributed by atoms with Gasteiger partial charge in [0.25, 0.3) is 0 Å². The molecule has 1 saturated heterocycles. The summed E-state index contributed by atoms with van der Waals surface area (Å²) in [6, 6.07) is 7.12. The van der Waals surface area contributed by atoms with Crippen LogP contribution in [0.2, 0.25) is 5.15 Å². The summed E-state index contributed by atoms with van der Waals surface area (Å²) in [5.74, 6) is 0.367. The lowest BCUT2D eigenvalue weighted by Crippen LogP contribution is -2.83. The molecule has 2 atom stereocenters. The summed E-state index contributed by atoms with van der Waals surface area (Å²) >= 11 is 6.61. The average Bonchev–Trinajstić information content (AvgIpc) is 3.18. The molecule has 2 heterocycles. The van der Waals surface area contributed by atoms with E-state index < -0.39 is 9.84 Å². The number of aryl methyl sites for hydroxylation is 3. The smallest absolute Gasteiger partial charge is 0.152 e. The molecule has 4 rings (SSSR count). The molecule has 2 aromatic rings. The zero-order valence-corrected chi connectivity index (χ0v) is 18.2. The van der Waals surface area contributed by atoms with Crippen LogP contribution in [0.15, 0.2) is 18.2 Å². The number of hydrogen-bond donors (Lipinski definition) is 1. The Labute approximate surface area is 172 Å². The second-order valence-electron chi connectivity index (χ2n) is 8.32. The van der Waals surface area contributed by atoms with Gasteiger partial charge in [-0.2, -0.15) is 5.10 Å². The fourth-order valence-corrected chi connectivity index (χ4v) is 6.54. The highest BCUT2D eigenvalue weighted by Crippen LogP contribution is 2.30. The Morgan fingerprint density at radius 3 is 2.75 bits per heavy atom. The van der Waals surface area contributed by atoms with Gasteiger partial charge in [-0.3, -0.25) is 0 Å². The summed E-state index contributed by atoms with van der Waals surface area (Å²) in [7, 11) is -2.96. The van der Waals surface area contributed by atoms with Crippen LogP contribution in [0.1, 0.15) is 66.2 Å². The SMILES string of the molecule is Cc1nn([C@H]2CCS(=O)(=O)C2)c(Cl)c1C[NH2+][C@H](C)c1ccc2c(c1)CCCC2. The van der Waals surface area contributed by atoms with E-state index >= 15 is 0 Å². The van der Waals surface area contributed by atoms with Gasteiger partial charge in [0.15, 0.2) is 9.84 Å². The third-order valence-electron chi connectivity index (χ3n) is 6.27. The zero-order chi connectivity index (χ0) is 19.9. The lowest BCUT2D eigenvalue weighted by molar-refractivity contribution is -0.708. The number of rotatable bonds is 5. The molecule has 2 aliphatic rings. The number of nitrogens with two attached hydrogens (primary N) is 1. The molecule has 0 saturated carbocycles. The summed E-state index contributed by atoms with van der Waals surface area (Å²) in [4.78, 5) is 0. The predicted molar refractivity (Wildman–Crippen MR) is 111 cm³/mol. The first-order valence-electron chi connectivity index (χ1n) is 10.2. The third kappa shape index (κ3) is 4.00. The van der Waals surface area contributed by atoms with E-state index in [1.165, 1.54) is 42.4 Å². The molecule has 0 amide bonds. The Kier molecular flexibility index (Phi) is 5.55. The van der Waals surface area contributed by atoms with Crippen molar-refractivity contribution in [2.24, 2.45) is 0 Å². The lowest BCUT2D eigenvalue weighted by Gasteiger charge is -2.18. The summed E-state index contributed by atoms with van der Waals surface area (Å²) in [5.41, 5.74) is 6.27. The third-order valence-corrected chi connectivity index (χ3v) is 8.42. The Balaban J connectivity index is 1.46. The molecular weight excluding hydrogens is 394 g/mol. The molecule has 1 aromatic carbocycles. The minimum Gasteiger partial charge on any atom is -0.336 e. The molecule has 28 heavy (non-hydrogen) atoms. The molecule has 1 fully saturated rings. The second kappa shape index (κ2) is 7.81. The quantitative estimate of drug-likeness (QED) is 0.805. The number of halogens is 1. The number of nitrogens with zero attached hydrogens (tertiary/aromatic N) is 2. The van der Waals surface area contributed by atoms with Crippen LogP contribution in [-0.4, -0.2) is 29.7 Å². The van der Waals surface area contributed by atoms with Crippen LogP contribution in [0, 0.1) is 6.92 Å². The van der Waals surface area contributed by atoms with E-state index in [4.69, 9.17) is 11.6 Å². The van der Waals surface area contributed by atoms with Crippen molar-refractivity contribution >= 4 is 21.4 Å². The van der Waals surface area contributed by atoms with Crippen molar-refractivity contribution in [2.75, 3.05) is 11.5 Å². The first-order valence-corrected chi connectivity index (χ1v) is 12.4. The zero-order valence-electron chi connectivity index (χ0n) is 16.6. The number of quaternary nitrogens is 1. The van der Waals surface area contributed by atoms with E-state index in [9.17, 15) is 8.42 Å². The van der Waals surface area contributed by atoms with Gasteiger partial charge in [-0.15, -0.1) is 0 Å². The van der Waals surface area contributed by atoms with Gasteiger partial charge in [0, 0.05) is 5.56 Å². The highest BCUT2D eigenvalue weighted by molar-refractivity contribution is 7.91. The van der Waals surface area contributed by atoms with Gasteiger partial charge in [-0.25, -0.2) is 13.1 Å². The van der Waals surface area contributed by atoms with Crippen LogP contribution in [0.4, 0.5) is 0 Å². The number of fused-ring (bicyclic) bond motifs is 1. The highest BCUT2D eigenvalue weighted by atomic mass is 35.5. The van der Waals surface area contributed by atoms with Gasteiger partial charge in [-0.05, 0) is 63.1 Å². The van der Waals surface area contributed by atoms with Crippen LogP contribution in [0.5, 0.6) is 0 Å². The van der Waals surface area contributed by atoms with E-state index in [0.717, 1.165) is 17.8 Å². The maximum absolute atomic E-state index is 11.8. The maximum Gasteiger partial charge on any atom is 0.152 e. The second-order valence-corrected chi connectivity index (χ2v) is 10.9. The molecule has 1 aliphatic heterocycles. The maximum atomic E-state index is 11.8. The number of aromatic nitrogens is 2. The van der Waals surface area contributed by atoms with E-state index in [1.54, 1.807) is 4.68 Å². The lowest BCUT2D eigenvalue weighted by atomic mass is 9.89. The van der Waals surface area contributed by atoms with Gasteiger partial charge in [0.05, 0.1) is 28.8 Å². The average molecular weight is 423 g/mol. The molecule has 5 nitrogen and oxygen atoms in total. The molecule has 0 unspecified atom stereocenters. The van der Waals surface area contributed by atoms with Crippen LogP contribution < -0.4 is 5.32 Å². The summed E-state index contributed by atoms with van der Waals surface area (Å²) in [6.07, 6.45) is 5.59. The van der Waals surface area contributed by atoms with Gasteiger partial charge in [-0.1, -0.05) is 23.7 Å². The summed E-state index contributed by atoms with van der Waals surface area (Å²) in [5, 5.41) is 7.45. The number of sulfone groups is 1. The van der Waals surface area contributed by atoms with E-state index in [0.29, 0.717) is 17.6 Å². The summed E-state index contributed by atoms with van der Waals surface area (Å²) in [6.45, 7) is 4.92. The van der Waals surface area contributed by atoms with Crippen LogP contribution in [0.25, 0.3) is 0 Å². The molecule has 1 aromatic heterocycles. The minimum atomic E-state index is -2.96. The Morgan fingerprint density at radius 2 is 2.04 bits per heavy atom. The minimum absolute atomic E-state index is 0.136. The topological polar surface area (TPSA) is 68.6 Å². The summed E-state index contributed by atoms with van der Waals surface area (Å²) < 4.78 is 25.3. The number of benzene rings is 1. The molecule has 152 valence electrons. The van der Waals surface area contributed by atoms with E-state index in [-0.39, 0.29) is 17.5 Å². The number of hydrogen-bond acceptors (Lipinski definition) is 3. The standard InChI is InChI=1S/C21H28ClN3O2S/c1-14(17-8-7-16-5-3-4-6-18(16)11-17)23-12-20-15(2)24-25(21(20)22)19-9-10-28(26,27)13-19/h7-8,11,14,19,23H,3-6,9-10,12-13H2,1-2H3/p+1/t14-,19+/m1/s1. The van der Waals surface area contributed by atoms with Crippen molar-refractivity contribution in [3.8, 4) is 0 Å². The first-order chi connectivity index (χ1) is 13.3. The molecule has 2 N–H and O–H groups in total. The Morgan fingerprint density at radius 1 is 1.29 bits per heavy atom. The molecule has 1 aliphatic carbocycles. The van der Waals surface area contributed by atoms with E-state index in [2.05, 4.69) is 35.5 Å². The molecule has 0 radical (unpaired) electrons. The van der Waals surface area contributed by atoms with Crippen molar-refractivity contribution in [1.29, 1.82) is 0 Å². The van der Waals surface area contributed by atoms with Crippen molar-refractivity contribution in [3.05, 3.63) is 51.3 Å².